The number of aliphatic carboxylic acids is 1. The molecule has 2 aliphatic rings. The van der Waals surface area contributed by atoms with Crippen LogP contribution < -0.4 is 0 Å². The summed E-state index contributed by atoms with van der Waals surface area (Å²) < 4.78 is 28.6. The highest BCUT2D eigenvalue weighted by Gasteiger charge is 2.48. The van der Waals surface area contributed by atoms with E-state index in [0.29, 0.717) is 29.8 Å². The molecule has 12 nitrogen and oxygen atoms in total. The zero-order chi connectivity index (χ0) is 32.3. The van der Waals surface area contributed by atoms with Crippen LogP contribution in [0.2, 0.25) is 0 Å². The van der Waals surface area contributed by atoms with Gasteiger partial charge in [0.15, 0.2) is 12.3 Å². The van der Waals surface area contributed by atoms with Crippen molar-refractivity contribution in [3.8, 4) is 16.8 Å². The van der Waals surface area contributed by atoms with Crippen molar-refractivity contribution in [3.05, 3.63) is 83.9 Å². The standard InChI is InChI=1S/C33H30FN3O9/c34-20-5-7-21(8-6-20)37-24-13-19-15-36(31-29(40)27(38)28(39)30(46-31)33(43)44)35-23(19)14-22(24)25(26(37)17-9-11-45-12-10-17)16-1-3-18(4-2-16)32(41)42/h1-8,13-15,17,27-31,38-40H,9-12H2,(H,41,42)(H,43,44)/t27-,28-,29+,30-,31?/m0/s1. The molecule has 0 bridgehead atoms. The number of carbonyl (C=O) groups is 2. The van der Waals surface area contributed by atoms with Gasteiger partial charge in [0.25, 0.3) is 0 Å². The van der Waals surface area contributed by atoms with Crippen molar-refractivity contribution >= 4 is 33.7 Å². The molecule has 1 unspecified atom stereocenters. The van der Waals surface area contributed by atoms with Crippen molar-refractivity contribution in [2.75, 3.05) is 13.2 Å². The second kappa shape index (κ2) is 11.6. The molecule has 3 aromatic carbocycles. The van der Waals surface area contributed by atoms with Crippen LogP contribution in [0.1, 0.15) is 41.0 Å². The number of halogens is 1. The summed E-state index contributed by atoms with van der Waals surface area (Å²) in [4.78, 5) is 23.3. The van der Waals surface area contributed by atoms with Crippen molar-refractivity contribution in [2.24, 2.45) is 0 Å². The Morgan fingerprint density at radius 2 is 1.59 bits per heavy atom. The molecule has 2 saturated heterocycles. The van der Waals surface area contributed by atoms with Crippen LogP contribution in [0.5, 0.6) is 0 Å². The highest BCUT2D eigenvalue weighted by Crippen LogP contribution is 2.45. The third-order valence-electron chi connectivity index (χ3n) is 8.85. The summed E-state index contributed by atoms with van der Waals surface area (Å²) in [5, 5.41) is 56.2. The monoisotopic (exact) mass is 631 g/mol. The lowest BCUT2D eigenvalue weighted by atomic mass is 9.89. The quantitative estimate of drug-likeness (QED) is 0.187. The number of aromatic carboxylic acids is 1. The Labute approximate surface area is 260 Å². The maximum atomic E-state index is 14.1. The van der Waals surface area contributed by atoms with Gasteiger partial charge in [0.1, 0.15) is 24.1 Å². The molecule has 0 aliphatic carbocycles. The first-order valence-corrected chi connectivity index (χ1v) is 14.8. The largest absolute Gasteiger partial charge is 0.479 e. The molecule has 7 rings (SSSR count). The van der Waals surface area contributed by atoms with Crippen LogP contribution in [0, 0.1) is 5.82 Å². The van der Waals surface area contributed by atoms with E-state index in [0.717, 1.165) is 40.6 Å². The lowest BCUT2D eigenvalue weighted by molar-refractivity contribution is -0.248. The minimum absolute atomic E-state index is 0.0549. The maximum Gasteiger partial charge on any atom is 0.335 e. The van der Waals surface area contributed by atoms with Crippen LogP contribution in [-0.2, 0) is 14.3 Å². The average Bonchev–Trinajstić information content (AvgIpc) is 3.61. The van der Waals surface area contributed by atoms with Crippen molar-refractivity contribution in [2.45, 2.75) is 49.4 Å². The van der Waals surface area contributed by atoms with E-state index < -0.39 is 42.6 Å². The number of hydrogen-bond donors (Lipinski definition) is 5. The number of benzene rings is 3. The van der Waals surface area contributed by atoms with Gasteiger partial charge in [0.05, 0.1) is 16.6 Å². The number of carboxylic acid groups (broad SMARTS) is 2. The number of carboxylic acids is 2. The minimum atomic E-state index is -1.84. The Kier molecular flexibility index (Phi) is 7.57. The second-order valence-electron chi connectivity index (χ2n) is 11.6. The Morgan fingerprint density at radius 1 is 0.891 bits per heavy atom. The van der Waals surface area contributed by atoms with Crippen LogP contribution in [0.15, 0.2) is 66.9 Å². The summed E-state index contributed by atoms with van der Waals surface area (Å²) in [6.45, 7) is 1.12. The number of rotatable bonds is 6. The Bertz CT molecular complexity index is 1950. The first kappa shape index (κ1) is 30.0. The summed E-state index contributed by atoms with van der Waals surface area (Å²) in [5.41, 5.74) is 4.64. The Morgan fingerprint density at radius 3 is 2.24 bits per heavy atom. The molecule has 13 heteroatoms. The normalized spacial score (nSPS) is 24.0. The molecule has 2 aromatic heterocycles. The molecule has 5 aromatic rings. The average molecular weight is 632 g/mol. The first-order chi connectivity index (χ1) is 22.1. The van der Waals surface area contributed by atoms with Gasteiger partial charge >= 0.3 is 11.9 Å². The van der Waals surface area contributed by atoms with E-state index in [-0.39, 0.29) is 17.3 Å². The zero-order valence-corrected chi connectivity index (χ0v) is 24.2. The fourth-order valence-corrected chi connectivity index (χ4v) is 6.57. The van der Waals surface area contributed by atoms with Crippen molar-refractivity contribution in [3.63, 3.8) is 0 Å². The van der Waals surface area contributed by atoms with E-state index in [1.54, 1.807) is 42.6 Å². The van der Waals surface area contributed by atoms with Gasteiger partial charge < -0.3 is 39.6 Å². The lowest BCUT2D eigenvalue weighted by Crippen LogP contribution is -2.57. The molecule has 2 aliphatic heterocycles. The summed E-state index contributed by atoms with van der Waals surface area (Å²) in [6.07, 6.45) is -5.49. The predicted octanol–water partition coefficient (Wildman–Crippen LogP) is 3.44. The van der Waals surface area contributed by atoms with Gasteiger partial charge in [-0.1, -0.05) is 12.1 Å². The van der Waals surface area contributed by atoms with Crippen molar-refractivity contribution < 1.29 is 49.0 Å². The topological polar surface area (TPSA) is 176 Å². The summed E-state index contributed by atoms with van der Waals surface area (Å²) in [6, 6.07) is 16.5. The third-order valence-corrected chi connectivity index (χ3v) is 8.85. The highest BCUT2D eigenvalue weighted by atomic mass is 19.1. The van der Waals surface area contributed by atoms with E-state index in [9.17, 15) is 39.5 Å². The number of aliphatic hydroxyl groups excluding tert-OH is 3. The SMILES string of the molecule is O=C(O)c1ccc(-c2c(C3CCOCC3)n(-c3ccc(F)cc3)c3cc4cn(C5O[C@H](C(=O)O)[C@@H](O)[C@H](O)[C@H]5O)nc4cc23)cc1. The molecule has 0 amide bonds. The third kappa shape index (κ3) is 5.02. The molecule has 2 fully saturated rings. The van der Waals surface area contributed by atoms with Gasteiger partial charge in [-0.05, 0) is 66.9 Å². The maximum absolute atomic E-state index is 14.1. The highest BCUT2D eigenvalue weighted by molar-refractivity contribution is 6.06. The van der Waals surface area contributed by atoms with Gasteiger partial charge in [-0.3, -0.25) is 0 Å². The van der Waals surface area contributed by atoms with Gasteiger partial charge in [-0.2, -0.15) is 5.10 Å². The second-order valence-corrected chi connectivity index (χ2v) is 11.6. The molecular formula is C33H30FN3O9. The van der Waals surface area contributed by atoms with Gasteiger partial charge in [-0.25, -0.2) is 18.7 Å². The van der Waals surface area contributed by atoms with Crippen LogP contribution in [-0.4, -0.2) is 89.4 Å². The zero-order valence-electron chi connectivity index (χ0n) is 24.2. The summed E-state index contributed by atoms with van der Waals surface area (Å²) in [7, 11) is 0. The van der Waals surface area contributed by atoms with Crippen LogP contribution in [0.3, 0.4) is 0 Å². The molecular weight excluding hydrogens is 601 g/mol. The molecule has 0 spiro atoms. The van der Waals surface area contributed by atoms with Gasteiger partial charge in [-0.15, -0.1) is 0 Å². The van der Waals surface area contributed by atoms with E-state index in [4.69, 9.17) is 9.47 Å². The number of nitrogens with zero attached hydrogens (tertiary/aromatic N) is 3. The van der Waals surface area contributed by atoms with Crippen LogP contribution in [0.4, 0.5) is 4.39 Å². The molecule has 0 saturated carbocycles. The van der Waals surface area contributed by atoms with Crippen LogP contribution >= 0.6 is 0 Å². The number of aliphatic hydroxyl groups is 3. The molecule has 4 heterocycles. The van der Waals surface area contributed by atoms with Gasteiger partial charge in [0, 0.05) is 53.0 Å². The first-order valence-electron chi connectivity index (χ1n) is 14.8. The predicted molar refractivity (Wildman–Crippen MR) is 161 cm³/mol. The fourth-order valence-electron chi connectivity index (χ4n) is 6.57. The van der Waals surface area contributed by atoms with Crippen LogP contribution in [0.25, 0.3) is 38.6 Å². The lowest BCUT2D eigenvalue weighted by Gasteiger charge is -2.38. The fraction of sp³-hybridized carbons (Fsp3) is 0.303. The van der Waals surface area contributed by atoms with Crippen molar-refractivity contribution in [1.29, 1.82) is 0 Å². The van der Waals surface area contributed by atoms with E-state index in [2.05, 4.69) is 9.67 Å². The molecule has 238 valence electrons. The molecule has 46 heavy (non-hydrogen) atoms. The number of aromatic nitrogens is 3. The van der Waals surface area contributed by atoms with E-state index in [1.807, 2.05) is 12.1 Å². The Hall–Kier alpha value is -4.66. The smallest absolute Gasteiger partial charge is 0.335 e. The van der Waals surface area contributed by atoms with Gasteiger partial charge in [0.2, 0.25) is 0 Å². The minimum Gasteiger partial charge on any atom is -0.479 e. The van der Waals surface area contributed by atoms with Crippen molar-refractivity contribution in [1.82, 2.24) is 14.3 Å². The number of fused-ring (bicyclic) bond motifs is 2. The van der Waals surface area contributed by atoms with E-state index >= 15 is 0 Å². The number of hydrogen-bond acceptors (Lipinski definition) is 8. The number of ether oxygens (including phenoxy) is 2. The molecule has 0 radical (unpaired) electrons. The Balaban J connectivity index is 1.47. The summed E-state index contributed by atoms with van der Waals surface area (Å²) >= 11 is 0. The summed E-state index contributed by atoms with van der Waals surface area (Å²) in [5.74, 6) is -2.89. The molecule has 5 atom stereocenters. The molecule has 5 N–H and O–H groups in total. The van der Waals surface area contributed by atoms with E-state index in [1.165, 1.54) is 16.8 Å².